The fraction of sp³-hybridized carbons (Fsp3) is 0.214. The van der Waals surface area contributed by atoms with Crippen molar-refractivity contribution in [1.82, 2.24) is 20.2 Å². The molecule has 0 spiro atoms. The number of nitrogens with one attached hydrogen (secondary N) is 2. The normalized spacial score (nSPS) is 10.8. The van der Waals surface area contributed by atoms with Crippen molar-refractivity contribution in [2.75, 3.05) is 11.9 Å². The lowest BCUT2D eigenvalue weighted by molar-refractivity contribution is 0.432. The third-order valence-corrected chi connectivity index (χ3v) is 2.85. The van der Waals surface area contributed by atoms with E-state index in [-0.39, 0.29) is 11.6 Å². The molecule has 2 heterocycles. The Morgan fingerprint density at radius 1 is 1.29 bits per heavy atom. The molecule has 7 heteroatoms. The largest absolute Gasteiger partial charge is 0.435 e. The van der Waals surface area contributed by atoms with Crippen LogP contribution < -0.4 is 10.1 Å². The van der Waals surface area contributed by atoms with Crippen molar-refractivity contribution < 1.29 is 9.13 Å². The van der Waals surface area contributed by atoms with Gasteiger partial charge in [-0.25, -0.2) is 4.39 Å². The number of hydrogen-bond donors (Lipinski definition) is 2. The molecule has 0 radical (unpaired) electrons. The average Bonchev–Trinajstić information content (AvgIpc) is 2.96. The maximum absolute atomic E-state index is 13.7. The molecular formula is C14H14FN5O. The van der Waals surface area contributed by atoms with E-state index in [1.54, 1.807) is 24.4 Å². The van der Waals surface area contributed by atoms with Crippen molar-refractivity contribution in [3.63, 3.8) is 0 Å². The van der Waals surface area contributed by atoms with Gasteiger partial charge < -0.3 is 10.1 Å². The lowest BCUT2D eigenvalue weighted by atomic mass is 10.3. The van der Waals surface area contributed by atoms with Crippen molar-refractivity contribution in [3.05, 3.63) is 36.3 Å². The summed E-state index contributed by atoms with van der Waals surface area (Å²) in [6.07, 6.45) is 2.49. The van der Waals surface area contributed by atoms with Crippen LogP contribution in [0.1, 0.15) is 13.3 Å². The Balaban J connectivity index is 2.00. The van der Waals surface area contributed by atoms with Crippen molar-refractivity contribution in [2.24, 2.45) is 0 Å². The van der Waals surface area contributed by atoms with Crippen LogP contribution in [-0.4, -0.2) is 26.7 Å². The number of halogens is 1. The van der Waals surface area contributed by atoms with E-state index in [1.807, 2.05) is 6.92 Å². The molecule has 0 aliphatic rings. The molecule has 0 aliphatic carbocycles. The van der Waals surface area contributed by atoms with E-state index in [0.29, 0.717) is 17.0 Å². The number of hydrogen-bond acceptors (Lipinski definition) is 5. The van der Waals surface area contributed by atoms with E-state index < -0.39 is 5.82 Å². The van der Waals surface area contributed by atoms with Crippen molar-refractivity contribution in [2.45, 2.75) is 13.3 Å². The van der Waals surface area contributed by atoms with Gasteiger partial charge in [-0.3, -0.25) is 5.10 Å². The number of para-hydroxylation sites is 1. The highest BCUT2D eigenvalue weighted by Crippen LogP contribution is 2.28. The molecule has 21 heavy (non-hydrogen) atoms. The van der Waals surface area contributed by atoms with Crippen molar-refractivity contribution in [1.29, 1.82) is 0 Å². The number of fused-ring (bicyclic) bond motifs is 1. The van der Waals surface area contributed by atoms with Crippen LogP contribution in [0.2, 0.25) is 0 Å². The Morgan fingerprint density at radius 3 is 2.95 bits per heavy atom. The lowest BCUT2D eigenvalue weighted by Crippen LogP contribution is -2.05. The second-order valence-corrected chi connectivity index (χ2v) is 4.44. The summed E-state index contributed by atoms with van der Waals surface area (Å²) in [5.74, 6) is 0.341. The van der Waals surface area contributed by atoms with Gasteiger partial charge in [-0.05, 0) is 18.6 Å². The maximum atomic E-state index is 13.7. The zero-order valence-electron chi connectivity index (χ0n) is 11.4. The van der Waals surface area contributed by atoms with Crippen molar-refractivity contribution in [3.8, 4) is 11.6 Å². The van der Waals surface area contributed by atoms with Crippen LogP contribution in [-0.2, 0) is 0 Å². The highest BCUT2D eigenvalue weighted by Gasteiger charge is 2.13. The summed E-state index contributed by atoms with van der Waals surface area (Å²) in [4.78, 5) is 8.56. The van der Waals surface area contributed by atoms with Crippen LogP contribution in [0.4, 0.5) is 10.3 Å². The summed E-state index contributed by atoms with van der Waals surface area (Å²) in [6.45, 7) is 2.78. The van der Waals surface area contributed by atoms with Gasteiger partial charge in [-0.1, -0.05) is 19.1 Å². The Kier molecular flexibility index (Phi) is 3.63. The minimum Gasteiger partial charge on any atom is -0.435 e. The summed E-state index contributed by atoms with van der Waals surface area (Å²) in [6, 6.07) is 6.17. The topological polar surface area (TPSA) is 75.7 Å². The minimum absolute atomic E-state index is 0.111. The number of anilines is 1. The van der Waals surface area contributed by atoms with E-state index in [9.17, 15) is 4.39 Å². The molecule has 0 fully saturated rings. The molecule has 0 bridgehead atoms. The molecule has 3 rings (SSSR count). The smallest absolute Gasteiger partial charge is 0.235 e. The minimum atomic E-state index is -0.448. The third kappa shape index (κ3) is 2.76. The van der Waals surface area contributed by atoms with Crippen LogP contribution >= 0.6 is 0 Å². The molecule has 3 aromatic rings. The van der Waals surface area contributed by atoms with Crippen LogP contribution in [0.5, 0.6) is 11.6 Å². The molecule has 2 N–H and O–H groups in total. The zero-order chi connectivity index (χ0) is 14.7. The van der Waals surface area contributed by atoms with Gasteiger partial charge >= 0.3 is 0 Å². The first-order valence-electron chi connectivity index (χ1n) is 6.65. The second-order valence-electron chi connectivity index (χ2n) is 4.44. The predicted octanol–water partition coefficient (Wildman–Crippen LogP) is 3.11. The van der Waals surface area contributed by atoms with E-state index in [1.165, 1.54) is 6.07 Å². The first-order valence-corrected chi connectivity index (χ1v) is 6.65. The molecule has 0 atom stereocenters. The third-order valence-electron chi connectivity index (χ3n) is 2.85. The highest BCUT2D eigenvalue weighted by atomic mass is 19.1. The van der Waals surface area contributed by atoms with Gasteiger partial charge in [-0.2, -0.15) is 15.1 Å². The first-order chi connectivity index (χ1) is 10.3. The molecule has 0 unspecified atom stereocenters. The quantitative estimate of drug-likeness (QED) is 0.754. The number of H-pyrrole nitrogens is 1. The fourth-order valence-electron chi connectivity index (χ4n) is 1.83. The molecule has 0 amide bonds. The van der Waals surface area contributed by atoms with E-state index >= 15 is 0 Å². The Morgan fingerprint density at radius 2 is 2.14 bits per heavy atom. The van der Waals surface area contributed by atoms with E-state index in [0.717, 1.165) is 13.0 Å². The maximum Gasteiger partial charge on any atom is 0.235 e. The van der Waals surface area contributed by atoms with Crippen molar-refractivity contribution >= 4 is 17.0 Å². The number of aromatic nitrogens is 4. The number of nitrogens with zero attached hydrogens (tertiary/aromatic N) is 3. The molecular weight excluding hydrogens is 273 g/mol. The SMILES string of the molecule is CCCNc1nc(Oc2ccccc2F)c2cn[nH]c2n1. The molecule has 0 saturated carbocycles. The van der Waals surface area contributed by atoms with Gasteiger partial charge in [-0.15, -0.1) is 0 Å². The van der Waals surface area contributed by atoms with Crippen LogP contribution in [0, 0.1) is 5.82 Å². The molecule has 0 saturated heterocycles. The zero-order valence-corrected chi connectivity index (χ0v) is 11.4. The van der Waals surface area contributed by atoms with E-state index in [2.05, 4.69) is 25.5 Å². The average molecular weight is 287 g/mol. The van der Waals surface area contributed by atoms with Gasteiger partial charge in [0, 0.05) is 6.54 Å². The standard InChI is InChI=1S/C14H14FN5O/c1-2-7-16-14-18-12-9(8-17-20-12)13(19-14)21-11-6-4-3-5-10(11)15/h3-6,8H,2,7H2,1H3,(H2,16,17,18,19,20). The van der Waals surface area contributed by atoms with Gasteiger partial charge in [0.1, 0.15) is 5.39 Å². The van der Waals surface area contributed by atoms with Gasteiger partial charge in [0.15, 0.2) is 17.2 Å². The second kappa shape index (κ2) is 5.74. The van der Waals surface area contributed by atoms with Gasteiger partial charge in [0.05, 0.1) is 6.20 Å². The number of aromatic amines is 1. The highest BCUT2D eigenvalue weighted by molar-refractivity contribution is 5.80. The first kappa shape index (κ1) is 13.3. The Labute approximate surface area is 120 Å². The summed E-state index contributed by atoms with van der Waals surface area (Å²) < 4.78 is 19.3. The molecule has 2 aromatic heterocycles. The molecule has 108 valence electrons. The van der Waals surface area contributed by atoms with Gasteiger partial charge in [0.25, 0.3) is 0 Å². The van der Waals surface area contributed by atoms with Crippen LogP contribution in [0.15, 0.2) is 30.5 Å². The summed E-state index contributed by atoms with van der Waals surface area (Å²) in [5, 5.41) is 10.4. The Hall–Kier alpha value is -2.70. The summed E-state index contributed by atoms with van der Waals surface area (Å²) in [5.41, 5.74) is 0.537. The number of ether oxygens (including phenoxy) is 1. The summed E-state index contributed by atoms with van der Waals surface area (Å²) >= 11 is 0. The fourth-order valence-corrected chi connectivity index (χ4v) is 1.83. The van der Waals surface area contributed by atoms with Crippen LogP contribution in [0.3, 0.4) is 0 Å². The monoisotopic (exact) mass is 287 g/mol. The summed E-state index contributed by atoms with van der Waals surface area (Å²) in [7, 11) is 0. The predicted molar refractivity (Wildman–Crippen MR) is 76.9 cm³/mol. The van der Waals surface area contributed by atoms with E-state index in [4.69, 9.17) is 4.74 Å². The van der Waals surface area contributed by atoms with Crippen LogP contribution in [0.25, 0.3) is 11.0 Å². The molecule has 6 nitrogen and oxygen atoms in total. The number of benzene rings is 1. The van der Waals surface area contributed by atoms with Gasteiger partial charge in [0.2, 0.25) is 11.8 Å². The number of rotatable bonds is 5. The lowest BCUT2D eigenvalue weighted by Gasteiger charge is -2.09. The molecule has 0 aliphatic heterocycles. The Bertz CT molecular complexity index is 758. The molecule has 1 aromatic carbocycles.